The molecule has 2 heterocycles. The summed E-state index contributed by atoms with van der Waals surface area (Å²) in [6.45, 7) is 4.98. The maximum absolute atomic E-state index is 13.6. The fourth-order valence-corrected chi connectivity index (χ4v) is 4.21. The van der Waals surface area contributed by atoms with Crippen LogP contribution in [0.5, 0.6) is 11.5 Å². The fourth-order valence-electron chi connectivity index (χ4n) is 3.98. The Balaban J connectivity index is 1.58. The van der Waals surface area contributed by atoms with E-state index in [1.807, 2.05) is 30.3 Å². The van der Waals surface area contributed by atoms with E-state index in [1.165, 1.54) is 13.4 Å². The molecular formula is C26H32ClN7O3. The molecule has 2 aromatic carbocycles. The summed E-state index contributed by atoms with van der Waals surface area (Å²) in [6.07, 6.45) is 1.44. The summed E-state index contributed by atoms with van der Waals surface area (Å²) in [5.74, 6) is 1.95. The number of aromatic nitrogens is 2. The Morgan fingerprint density at radius 2 is 1.81 bits per heavy atom. The normalized spacial score (nSPS) is 14.2. The number of benzene rings is 2. The van der Waals surface area contributed by atoms with Crippen LogP contribution < -0.4 is 25.0 Å². The van der Waals surface area contributed by atoms with Crippen molar-refractivity contribution < 1.29 is 14.3 Å². The van der Waals surface area contributed by atoms with E-state index in [2.05, 4.69) is 37.4 Å². The molecule has 10 nitrogen and oxygen atoms in total. The molecule has 1 aliphatic rings. The van der Waals surface area contributed by atoms with Crippen LogP contribution in [0.15, 0.2) is 54.9 Å². The number of nitrogens with one attached hydrogen (secondary N) is 2. The summed E-state index contributed by atoms with van der Waals surface area (Å²) in [7, 11) is 5.17. The minimum atomic E-state index is -0.379. The second-order valence-electron chi connectivity index (χ2n) is 8.67. The van der Waals surface area contributed by atoms with Crippen LogP contribution in [0.25, 0.3) is 0 Å². The Bertz CT molecular complexity index is 1190. The van der Waals surface area contributed by atoms with Crippen molar-refractivity contribution in [1.29, 1.82) is 0 Å². The van der Waals surface area contributed by atoms with E-state index >= 15 is 0 Å². The maximum atomic E-state index is 13.6. The number of halogens is 1. The van der Waals surface area contributed by atoms with Crippen molar-refractivity contribution in [2.45, 2.75) is 0 Å². The number of amides is 2. The number of hydrogen-bond acceptors (Lipinski definition) is 8. The number of para-hydroxylation sites is 1. The second kappa shape index (κ2) is 12.6. The molecule has 2 amide bonds. The van der Waals surface area contributed by atoms with Crippen LogP contribution in [0.4, 0.5) is 27.8 Å². The average Bonchev–Trinajstić information content (AvgIpc) is 2.92. The Labute approximate surface area is 222 Å². The summed E-state index contributed by atoms with van der Waals surface area (Å²) in [5.41, 5.74) is 1.26. The van der Waals surface area contributed by atoms with E-state index in [1.54, 1.807) is 30.2 Å². The first kappa shape index (κ1) is 26.5. The number of nitrogens with zero attached hydrogens (tertiary/aromatic N) is 5. The van der Waals surface area contributed by atoms with E-state index in [0.29, 0.717) is 41.9 Å². The van der Waals surface area contributed by atoms with Crippen molar-refractivity contribution in [2.75, 3.05) is 76.1 Å². The van der Waals surface area contributed by atoms with Crippen molar-refractivity contribution in [3.63, 3.8) is 0 Å². The van der Waals surface area contributed by atoms with Crippen LogP contribution >= 0.6 is 11.6 Å². The van der Waals surface area contributed by atoms with Gasteiger partial charge >= 0.3 is 6.03 Å². The lowest BCUT2D eigenvalue weighted by atomic mass is 10.2. The zero-order valence-corrected chi connectivity index (χ0v) is 22.0. The molecule has 1 aromatic heterocycles. The van der Waals surface area contributed by atoms with Gasteiger partial charge in [0.1, 0.15) is 34.5 Å². The number of methoxy groups -OCH3 is 2. The molecule has 11 heteroatoms. The minimum absolute atomic E-state index is 0.282. The van der Waals surface area contributed by atoms with E-state index < -0.39 is 0 Å². The first-order chi connectivity index (χ1) is 18.0. The van der Waals surface area contributed by atoms with Gasteiger partial charge in [-0.3, -0.25) is 9.80 Å². The summed E-state index contributed by atoms with van der Waals surface area (Å²) >= 11 is 6.50. The monoisotopic (exact) mass is 525 g/mol. The van der Waals surface area contributed by atoms with E-state index in [9.17, 15) is 4.79 Å². The van der Waals surface area contributed by atoms with Gasteiger partial charge < -0.3 is 25.0 Å². The molecule has 0 radical (unpaired) electrons. The third kappa shape index (κ3) is 7.00. The predicted molar refractivity (Wildman–Crippen MR) is 147 cm³/mol. The van der Waals surface area contributed by atoms with Crippen molar-refractivity contribution in [2.24, 2.45) is 0 Å². The minimum Gasteiger partial charge on any atom is -0.497 e. The lowest BCUT2D eigenvalue weighted by Crippen LogP contribution is -2.48. The van der Waals surface area contributed by atoms with Crippen molar-refractivity contribution in [3.05, 3.63) is 59.9 Å². The predicted octanol–water partition coefficient (Wildman–Crippen LogP) is 4.18. The van der Waals surface area contributed by atoms with Crippen molar-refractivity contribution in [3.8, 4) is 11.5 Å². The van der Waals surface area contributed by atoms with Gasteiger partial charge in [-0.1, -0.05) is 29.8 Å². The Morgan fingerprint density at radius 3 is 2.51 bits per heavy atom. The third-order valence-corrected chi connectivity index (χ3v) is 6.56. The Morgan fingerprint density at radius 1 is 1.05 bits per heavy atom. The van der Waals surface area contributed by atoms with Gasteiger partial charge in [0.05, 0.1) is 19.9 Å². The first-order valence-electron chi connectivity index (χ1n) is 12.0. The highest BCUT2D eigenvalue weighted by atomic mass is 35.5. The second-order valence-corrected chi connectivity index (χ2v) is 9.05. The van der Waals surface area contributed by atoms with Crippen LogP contribution in [0.2, 0.25) is 5.02 Å². The lowest BCUT2D eigenvalue weighted by Gasteiger charge is -2.33. The first-order valence-corrected chi connectivity index (χ1v) is 12.4. The van der Waals surface area contributed by atoms with Gasteiger partial charge in [0, 0.05) is 63.2 Å². The molecule has 1 fully saturated rings. The SMILES string of the molecule is COc1cc(NC(=O)N(CCN2CCN(C)CC2)c2cc(Nc3ccccc3)ncn2)c(Cl)c(OC)c1. The number of urea groups is 1. The third-order valence-electron chi connectivity index (χ3n) is 6.17. The van der Waals surface area contributed by atoms with Crippen LogP contribution in [-0.4, -0.2) is 86.3 Å². The molecule has 196 valence electrons. The topological polar surface area (TPSA) is 95.1 Å². The molecular weight excluding hydrogens is 494 g/mol. The van der Waals surface area contributed by atoms with Gasteiger partial charge in [-0.2, -0.15) is 0 Å². The van der Waals surface area contributed by atoms with Crippen molar-refractivity contribution >= 4 is 40.6 Å². The van der Waals surface area contributed by atoms with E-state index in [0.717, 1.165) is 31.9 Å². The molecule has 1 aliphatic heterocycles. The summed E-state index contributed by atoms with van der Waals surface area (Å²) in [6, 6.07) is 14.4. The highest BCUT2D eigenvalue weighted by molar-refractivity contribution is 6.35. The molecule has 1 saturated heterocycles. The molecule has 0 bridgehead atoms. The Hall–Kier alpha value is -3.60. The van der Waals surface area contributed by atoms with Crippen molar-refractivity contribution in [1.82, 2.24) is 19.8 Å². The zero-order valence-electron chi connectivity index (χ0n) is 21.3. The largest absolute Gasteiger partial charge is 0.497 e. The number of likely N-dealkylation sites (N-methyl/N-ethyl adjacent to an activating group) is 1. The summed E-state index contributed by atoms with van der Waals surface area (Å²) < 4.78 is 10.7. The molecule has 3 aromatic rings. The van der Waals surface area contributed by atoms with Gasteiger partial charge in [-0.05, 0) is 19.2 Å². The molecule has 4 rings (SSSR count). The molecule has 0 saturated carbocycles. The molecule has 0 aliphatic carbocycles. The molecule has 0 atom stereocenters. The van der Waals surface area contributed by atoms with Gasteiger partial charge in [0.2, 0.25) is 0 Å². The number of ether oxygens (including phenoxy) is 2. The highest BCUT2D eigenvalue weighted by Crippen LogP contribution is 2.37. The number of hydrogen-bond donors (Lipinski definition) is 2. The number of rotatable bonds is 9. The summed E-state index contributed by atoms with van der Waals surface area (Å²) in [4.78, 5) is 28.6. The number of piperazine rings is 1. The van der Waals surface area contributed by atoms with Crippen LogP contribution in [0.1, 0.15) is 0 Å². The number of carbonyl (C=O) groups excluding carboxylic acids is 1. The maximum Gasteiger partial charge on any atom is 0.327 e. The van der Waals surface area contributed by atoms with Gasteiger partial charge in [0.25, 0.3) is 0 Å². The Kier molecular flexibility index (Phi) is 8.99. The van der Waals surface area contributed by atoms with E-state index in [4.69, 9.17) is 21.1 Å². The number of carbonyl (C=O) groups is 1. The van der Waals surface area contributed by atoms with E-state index in [-0.39, 0.29) is 11.1 Å². The molecule has 0 unspecified atom stereocenters. The highest BCUT2D eigenvalue weighted by Gasteiger charge is 2.23. The smallest absolute Gasteiger partial charge is 0.327 e. The molecule has 37 heavy (non-hydrogen) atoms. The number of anilines is 4. The zero-order chi connectivity index (χ0) is 26.2. The average molecular weight is 526 g/mol. The molecule has 0 spiro atoms. The quantitative estimate of drug-likeness (QED) is 0.430. The van der Waals surface area contributed by atoms with Gasteiger partial charge in [-0.15, -0.1) is 0 Å². The van der Waals surface area contributed by atoms with Crippen LogP contribution in [0.3, 0.4) is 0 Å². The fraction of sp³-hybridized carbons (Fsp3) is 0.346. The van der Waals surface area contributed by atoms with Crippen LogP contribution in [0, 0.1) is 0 Å². The van der Waals surface area contributed by atoms with Gasteiger partial charge in [-0.25, -0.2) is 14.8 Å². The lowest BCUT2D eigenvalue weighted by molar-refractivity contribution is 0.157. The summed E-state index contributed by atoms with van der Waals surface area (Å²) in [5, 5.41) is 6.45. The van der Waals surface area contributed by atoms with Gasteiger partial charge in [0.15, 0.2) is 0 Å². The van der Waals surface area contributed by atoms with Crippen LogP contribution in [-0.2, 0) is 0 Å². The standard InChI is InChI=1S/C26H32ClN7O3/c1-32-9-11-33(12-10-32)13-14-34(24-17-23(28-18-29-24)30-19-7-5-4-6-8-19)26(35)31-21-15-20(36-2)16-22(37-3)25(21)27/h4-8,15-18H,9-14H2,1-3H3,(H,31,35)(H,28,29,30). The molecule has 2 N–H and O–H groups in total.